The Morgan fingerprint density at radius 1 is 1.20 bits per heavy atom. The monoisotopic (exact) mass is 273 g/mol. The van der Waals surface area contributed by atoms with Gasteiger partial charge in [-0.2, -0.15) is 0 Å². The van der Waals surface area contributed by atoms with Crippen LogP contribution in [0.5, 0.6) is 5.75 Å². The van der Waals surface area contributed by atoms with E-state index >= 15 is 0 Å². The number of nitrogens with zero attached hydrogens (tertiary/aromatic N) is 1. The highest BCUT2D eigenvalue weighted by molar-refractivity contribution is 6.10. The first kappa shape index (κ1) is 13.9. The van der Waals surface area contributed by atoms with Crippen LogP contribution in [0.4, 0.5) is 0 Å². The zero-order chi connectivity index (χ0) is 14.9. The summed E-state index contributed by atoms with van der Waals surface area (Å²) in [6.07, 6.45) is 1.51. The molecule has 0 radical (unpaired) electrons. The summed E-state index contributed by atoms with van der Waals surface area (Å²) in [6.45, 7) is 1.89. The molecule has 1 heterocycles. The summed E-state index contributed by atoms with van der Waals surface area (Å²) in [5.41, 5.74) is 1.82. The smallest absolute Gasteiger partial charge is 0.352 e. The largest absolute Gasteiger partial charge is 0.496 e. The number of ketones is 1. The van der Waals surface area contributed by atoms with Gasteiger partial charge in [0.05, 0.1) is 7.11 Å². The minimum Gasteiger partial charge on any atom is -0.496 e. The molecule has 0 aliphatic heterocycles. The number of hydrogen-bond donors (Lipinski definition) is 1. The number of aromatic nitrogens is 1. The van der Waals surface area contributed by atoms with Crippen LogP contribution in [0.15, 0.2) is 30.5 Å². The van der Waals surface area contributed by atoms with Gasteiger partial charge in [-0.3, -0.25) is 4.79 Å². The molecule has 0 amide bonds. The number of carbonyl (C=O) groups is 2. The van der Waals surface area contributed by atoms with Crippen LogP contribution in [0, 0.1) is 6.92 Å². The molecule has 0 unspecified atom stereocenters. The fourth-order valence-corrected chi connectivity index (χ4v) is 2.03. The highest BCUT2D eigenvalue weighted by Crippen LogP contribution is 2.21. The van der Waals surface area contributed by atoms with Crippen molar-refractivity contribution in [2.24, 2.45) is 7.05 Å². The maximum atomic E-state index is 12.4. The van der Waals surface area contributed by atoms with Crippen molar-refractivity contribution in [1.29, 1.82) is 0 Å². The Morgan fingerprint density at radius 2 is 1.90 bits per heavy atom. The summed E-state index contributed by atoms with van der Waals surface area (Å²) < 4.78 is 6.60. The summed E-state index contributed by atoms with van der Waals surface area (Å²) in [5, 5.41) is 9.00. The molecule has 0 aliphatic carbocycles. The Labute approximate surface area is 116 Å². The summed E-state index contributed by atoms with van der Waals surface area (Å²) in [5.74, 6) is -0.662. The summed E-state index contributed by atoms with van der Waals surface area (Å²) in [4.78, 5) is 23.3. The molecule has 104 valence electrons. The molecule has 1 aromatic carbocycles. The van der Waals surface area contributed by atoms with Gasteiger partial charge in [0.2, 0.25) is 0 Å². The highest BCUT2D eigenvalue weighted by Gasteiger charge is 2.17. The molecule has 0 saturated carbocycles. The van der Waals surface area contributed by atoms with Gasteiger partial charge in [-0.1, -0.05) is 12.1 Å². The van der Waals surface area contributed by atoms with E-state index in [9.17, 15) is 9.59 Å². The number of carboxylic acids is 1. The summed E-state index contributed by atoms with van der Waals surface area (Å²) >= 11 is 0. The van der Waals surface area contributed by atoms with Crippen molar-refractivity contribution in [2.75, 3.05) is 7.11 Å². The zero-order valence-electron chi connectivity index (χ0n) is 11.5. The number of benzene rings is 1. The molecule has 0 fully saturated rings. The zero-order valence-corrected chi connectivity index (χ0v) is 11.5. The number of rotatable bonds is 4. The van der Waals surface area contributed by atoms with Gasteiger partial charge in [0, 0.05) is 24.4 Å². The van der Waals surface area contributed by atoms with Crippen LogP contribution in [0.3, 0.4) is 0 Å². The van der Waals surface area contributed by atoms with Crippen LogP contribution < -0.4 is 4.74 Å². The van der Waals surface area contributed by atoms with E-state index in [0.29, 0.717) is 16.9 Å². The molecular formula is C15H15NO4. The van der Waals surface area contributed by atoms with Gasteiger partial charge in [-0.25, -0.2) is 4.79 Å². The number of ether oxygens (including phenoxy) is 1. The average molecular weight is 273 g/mol. The van der Waals surface area contributed by atoms with Crippen molar-refractivity contribution in [2.45, 2.75) is 6.92 Å². The predicted octanol–water partition coefficient (Wildman–Crippen LogP) is 2.27. The SMILES string of the molecule is COc1cc(C(=O)c2cc(C(=O)O)n(C)c2)ccc1C. The number of aromatic carboxylic acids is 1. The van der Waals surface area contributed by atoms with Crippen molar-refractivity contribution in [3.8, 4) is 5.75 Å². The first-order valence-electron chi connectivity index (χ1n) is 6.03. The normalized spacial score (nSPS) is 10.3. The maximum Gasteiger partial charge on any atom is 0.352 e. The van der Waals surface area contributed by atoms with E-state index in [4.69, 9.17) is 9.84 Å². The fraction of sp³-hybridized carbons (Fsp3) is 0.200. The molecule has 2 aromatic rings. The Kier molecular flexibility index (Phi) is 3.61. The van der Waals surface area contributed by atoms with E-state index < -0.39 is 5.97 Å². The van der Waals surface area contributed by atoms with Gasteiger partial charge in [-0.05, 0) is 24.6 Å². The van der Waals surface area contributed by atoms with Crippen LogP contribution in [0.2, 0.25) is 0 Å². The van der Waals surface area contributed by atoms with Gasteiger partial charge in [0.15, 0.2) is 5.78 Å². The second kappa shape index (κ2) is 5.21. The van der Waals surface area contributed by atoms with Crippen LogP contribution in [-0.2, 0) is 7.05 Å². The lowest BCUT2D eigenvalue weighted by atomic mass is 10.0. The topological polar surface area (TPSA) is 68.5 Å². The molecule has 0 atom stereocenters. The maximum absolute atomic E-state index is 12.4. The first-order chi connectivity index (χ1) is 9.43. The van der Waals surface area contributed by atoms with Crippen LogP contribution in [-0.4, -0.2) is 28.5 Å². The molecule has 0 saturated heterocycles. The van der Waals surface area contributed by atoms with E-state index in [1.807, 2.05) is 6.92 Å². The second-order valence-electron chi connectivity index (χ2n) is 4.54. The Bertz CT molecular complexity index is 685. The van der Waals surface area contributed by atoms with Crippen LogP contribution in [0.1, 0.15) is 32.0 Å². The Balaban J connectivity index is 2.41. The lowest BCUT2D eigenvalue weighted by Crippen LogP contribution is -2.02. The van der Waals surface area contributed by atoms with Crippen LogP contribution >= 0.6 is 0 Å². The fourth-order valence-electron chi connectivity index (χ4n) is 2.03. The lowest BCUT2D eigenvalue weighted by molar-refractivity contribution is 0.0686. The number of aryl methyl sites for hydroxylation is 2. The quantitative estimate of drug-likeness (QED) is 0.868. The van der Waals surface area contributed by atoms with Gasteiger partial charge in [-0.15, -0.1) is 0 Å². The molecule has 5 heteroatoms. The molecule has 2 rings (SSSR count). The lowest BCUT2D eigenvalue weighted by Gasteiger charge is -2.06. The summed E-state index contributed by atoms with van der Waals surface area (Å²) in [6, 6.07) is 6.53. The third kappa shape index (κ3) is 2.42. The standard InChI is InChI=1S/C15H15NO4/c1-9-4-5-10(7-13(9)20-3)14(17)11-6-12(15(18)19)16(2)8-11/h4-8H,1-3H3,(H,18,19). The highest BCUT2D eigenvalue weighted by atomic mass is 16.5. The number of carbonyl (C=O) groups excluding carboxylic acids is 1. The van der Waals surface area contributed by atoms with Crippen molar-refractivity contribution >= 4 is 11.8 Å². The molecule has 0 bridgehead atoms. The van der Waals surface area contributed by atoms with E-state index in [1.54, 1.807) is 32.4 Å². The minimum absolute atomic E-state index is 0.0763. The number of methoxy groups -OCH3 is 1. The first-order valence-corrected chi connectivity index (χ1v) is 6.03. The molecule has 20 heavy (non-hydrogen) atoms. The number of carboxylic acid groups (broad SMARTS) is 1. The Morgan fingerprint density at radius 3 is 2.45 bits per heavy atom. The average Bonchev–Trinajstić information content (AvgIpc) is 2.80. The van der Waals surface area contributed by atoms with Crippen molar-refractivity contribution in [3.63, 3.8) is 0 Å². The Hall–Kier alpha value is -2.56. The molecule has 5 nitrogen and oxygen atoms in total. The third-order valence-electron chi connectivity index (χ3n) is 3.16. The predicted molar refractivity (Wildman–Crippen MR) is 73.5 cm³/mol. The van der Waals surface area contributed by atoms with Crippen molar-refractivity contribution in [1.82, 2.24) is 4.57 Å². The van der Waals surface area contributed by atoms with Gasteiger partial charge < -0.3 is 14.4 Å². The van der Waals surface area contributed by atoms with Gasteiger partial charge >= 0.3 is 5.97 Å². The van der Waals surface area contributed by atoms with E-state index in [-0.39, 0.29) is 11.5 Å². The van der Waals surface area contributed by atoms with E-state index in [0.717, 1.165) is 5.56 Å². The number of hydrogen-bond acceptors (Lipinski definition) is 3. The third-order valence-corrected chi connectivity index (χ3v) is 3.16. The van der Waals surface area contributed by atoms with E-state index in [1.165, 1.54) is 16.8 Å². The van der Waals surface area contributed by atoms with Crippen molar-refractivity contribution < 1.29 is 19.4 Å². The molecular weight excluding hydrogens is 258 g/mol. The van der Waals surface area contributed by atoms with Gasteiger partial charge in [0.25, 0.3) is 0 Å². The molecule has 0 spiro atoms. The van der Waals surface area contributed by atoms with Gasteiger partial charge in [0.1, 0.15) is 11.4 Å². The molecule has 1 N–H and O–H groups in total. The molecule has 1 aromatic heterocycles. The summed E-state index contributed by atoms with van der Waals surface area (Å²) in [7, 11) is 3.14. The van der Waals surface area contributed by atoms with Crippen LogP contribution in [0.25, 0.3) is 0 Å². The second-order valence-corrected chi connectivity index (χ2v) is 4.54. The molecule has 0 aliphatic rings. The minimum atomic E-state index is -1.06. The van der Waals surface area contributed by atoms with Crippen molar-refractivity contribution in [3.05, 3.63) is 52.8 Å². The van der Waals surface area contributed by atoms with E-state index in [2.05, 4.69) is 0 Å².